The molecule has 0 spiro atoms. The van der Waals surface area contributed by atoms with Crippen molar-refractivity contribution in [3.8, 4) is 11.1 Å². The quantitative estimate of drug-likeness (QED) is 0.306. The second kappa shape index (κ2) is 10.9. The van der Waals surface area contributed by atoms with Crippen LogP contribution in [0.2, 0.25) is 5.02 Å². The highest BCUT2D eigenvalue weighted by Crippen LogP contribution is 2.27. The van der Waals surface area contributed by atoms with Gasteiger partial charge in [0.1, 0.15) is 5.82 Å². The summed E-state index contributed by atoms with van der Waals surface area (Å²) in [6.07, 6.45) is 4.66. The van der Waals surface area contributed by atoms with Crippen LogP contribution in [-0.4, -0.2) is 53.4 Å². The second-order valence-electron chi connectivity index (χ2n) is 7.91. The summed E-state index contributed by atoms with van der Waals surface area (Å²) in [7, 11) is 0. The molecule has 0 saturated carbocycles. The van der Waals surface area contributed by atoms with E-state index in [-0.39, 0.29) is 18.7 Å². The predicted molar refractivity (Wildman–Crippen MR) is 124 cm³/mol. The van der Waals surface area contributed by atoms with Crippen molar-refractivity contribution in [1.82, 2.24) is 35.7 Å². The first-order valence-corrected chi connectivity index (χ1v) is 11.0. The molecule has 3 N–H and O–H groups in total. The fourth-order valence-electron chi connectivity index (χ4n) is 3.72. The maximum Gasteiger partial charge on any atom is 0.308 e. The molecular weight excluding hydrogens is 477 g/mol. The van der Waals surface area contributed by atoms with Crippen molar-refractivity contribution in [2.45, 2.75) is 25.4 Å². The van der Waals surface area contributed by atoms with Crippen molar-refractivity contribution in [3.63, 3.8) is 0 Å². The molecule has 4 rings (SSSR count). The Morgan fingerprint density at radius 3 is 2.54 bits per heavy atom. The summed E-state index contributed by atoms with van der Waals surface area (Å²) in [4.78, 5) is 25.8. The zero-order valence-electron chi connectivity index (χ0n) is 18.3. The first kappa shape index (κ1) is 24.0. The highest BCUT2D eigenvalue weighted by atomic mass is 35.5. The lowest BCUT2D eigenvalue weighted by molar-refractivity contribution is -0.142. The van der Waals surface area contributed by atoms with Crippen LogP contribution in [0.25, 0.3) is 11.1 Å². The SMILES string of the molecule is O=C(NC(Cc1ccc(-c2cc(Cl)ccc2F)cc1)CC(Cn1nccn1)C(=O)O)c1cn[nH]n1. The Morgan fingerprint density at radius 2 is 1.89 bits per heavy atom. The summed E-state index contributed by atoms with van der Waals surface area (Å²) < 4.78 is 14.2. The number of amides is 1. The van der Waals surface area contributed by atoms with Gasteiger partial charge in [-0.15, -0.1) is 0 Å². The molecule has 0 saturated heterocycles. The van der Waals surface area contributed by atoms with E-state index in [2.05, 4.69) is 30.9 Å². The van der Waals surface area contributed by atoms with Gasteiger partial charge in [-0.3, -0.25) is 9.59 Å². The number of carbonyl (C=O) groups excluding carboxylic acids is 1. The van der Waals surface area contributed by atoms with Gasteiger partial charge >= 0.3 is 5.97 Å². The predicted octanol–water partition coefficient (Wildman–Crippen LogP) is 2.99. The number of nitrogens with zero attached hydrogens (tertiary/aromatic N) is 5. The third-order valence-corrected chi connectivity index (χ3v) is 5.66. The molecule has 10 nitrogen and oxygen atoms in total. The molecule has 4 aromatic rings. The summed E-state index contributed by atoms with van der Waals surface area (Å²) in [5, 5.41) is 30.8. The molecule has 0 radical (unpaired) electrons. The molecule has 35 heavy (non-hydrogen) atoms. The van der Waals surface area contributed by atoms with Crippen molar-refractivity contribution in [1.29, 1.82) is 0 Å². The van der Waals surface area contributed by atoms with Crippen LogP contribution < -0.4 is 5.32 Å². The maximum absolute atomic E-state index is 14.2. The minimum atomic E-state index is -1.03. The number of hydrogen-bond acceptors (Lipinski definition) is 6. The number of carbonyl (C=O) groups is 2. The average molecular weight is 498 g/mol. The molecule has 2 heterocycles. The van der Waals surface area contributed by atoms with Gasteiger partial charge in [-0.05, 0) is 42.2 Å². The molecule has 180 valence electrons. The van der Waals surface area contributed by atoms with E-state index in [1.165, 1.54) is 35.5 Å². The smallest absolute Gasteiger partial charge is 0.308 e. The Bertz CT molecular complexity index is 1280. The van der Waals surface area contributed by atoms with Crippen LogP contribution in [0.5, 0.6) is 0 Å². The van der Waals surface area contributed by atoms with Crippen molar-refractivity contribution in [2.24, 2.45) is 5.92 Å². The van der Waals surface area contributed by atoms with Gasteiger partial charge < -0.3 is 10.4 Å². The number of aromatic amines is 1. The van der Waals surface area contributed by atoms with Gasteiger partial charge in [-0.1, -0.05) is 35.9 Å². The third kappa shape index (κ3) is 6.27. The van der Waals surface area contributed by atoms with Gasteiger partial charge in [0.15, 0.2) is 5.69 Å². The average Bonchev–Trinajstić information content (AvgIpc) is 3.55. The van der Waals surface area contributed by atoms with Crippen LogP contribution in [0.4, 0.5) is 4.39 Å². The largest absolute Gasteiger partial charge is 0.481 e. The van der Waals surface area contributed by atoms with E-state index in [4.69, 9.17) is 11.6 Å². The van der Waals surface area contributed by atoms with E-state index in [0.29, 0.717) is 22.6 Å². The normalized spacial score (nSPS) is 12.7. The number of nitrogens with one attached hydrogen (secondary N) is 2. The molecule has 2 aromatic heterocycles. The van der Waals surface area contributed by atoms with Crippen LogP contribution >= 0.6 is 11.6 Å². The third-order valence-electron chi connectivity index (χ3n) is 5.43. The monoisotopic (exact) mass is 497 g/mol. The number of benzene rings is 2. The Balaban J connectivity index is 1.53. The van der Waals surface area contributed by atoms with Gasteiger partial charge in [0.2, 0.25) is 0 Å². The van der Waals surface area contributed by atoms with Gasteiger partial charge in [-0.2, -0.15) is 30.4 Å². The van der Waals surface area contributed by atoms with Gasteiger partial charge in [0.05, 0.1) is 31.1 Å². The van der Waals surface area contributed by atoms with Crippen LogP contribution in [0.15, 0.2) is 61.1 Å². The maximum atomic E-state index is 14.2. The highest BCUT2D eigenvalue weighted by Gasteiger charge is 2.26. The number of aromatic nitrogens is 6. The van der Waals surface area contributed by atoms with Crippen LogP contribution in [0, 0.1) is 11.7 Å². The van der Waals surface area contributed by atoms with E-state index in [1.54, 1.807) is 30.3 Å². The van der Waals surface area contributed by atoms with E-state index in [0.717, 1.165) is 5.56 Å². The second-order valence-corrected chi connectivity index (χ2v) is 8.34. The van der Waals surface area contributed by atoms with Crippen molar-refractivity contribution in [2.75, 3.05) is 0 Å². The number of H-pyrrole nitrogens is 1. The Kier molecular flexibility index (Phi) is 7.46. The zero-order valence-corrected chi connectivity index (χ0v) is 19.1. The Morgan fingerprint density at radius 1 is 1.14 bits per heavy atom. The van der Waals surface area contributed by atoms with Gasteiger partial charge in [0.25, 0.3) is 5.91 Å². The molecular formula is C23H21ClFN7O3. The van der Waals surface area contributed by atoms with E-state index < -0.39 is 29.7 Å². The minimum absolute atomic E-state index is 0.0473. The molecule has 2 aromatic carbocycles. The molecule has 12 heteroatoms. The van der Waals surface area contributed by atoms with Crippen molar-refractivity contribution >= 4 is 23.5 Å². The van der Waals surface area contributed by atoms with Crippen molar-refractivity contribution < 1.29 is 19.1 Å². The minimum Gasteiger partial charge on any atom is -0.481 e. The summed E-state index contributed by atoms with van der Waals surface area (Å²) in [5.41, 5.74) is 1.92. The molecule has 0 fully saturated rings. The molecule has 0 aliphatic heterocycles. The number of carboxylic acids is 1. The Labute approximate surface area is 204 Å². The summed E-state index contributed by atoms with van der Waals surface area (Å²) in [6, 6.07) is 10.9. The molecule has 0 aliphatic rings. The number of rotatable bonds is 10. The first-order chi connectivity index (χ1) is 16.9. The van der Waals surface area contributed by atoms with Crippen LogP contribution in [0.1, 0.15) is 22.5 Å². The lowest BCUT2D eigenvalue weighted by Gasteiger charge is -2.22. The topological polar surface area (TPSA) is 139 Å². The van der Waals surface area contributed by atoms with E-state index in [1.807, 2.05) is 0 Å². The number of carboxylic acid groups (broad SMARTS) is 1. The van der Waals surface area contributed by atoms with Crippen LogP contribution in [-0.2, 0) is 17.8 Å². The Hall–Kier alpha value is -4.12. The lowest BCUT2D eigenvalue weighted by atomic mass is 9.93. The standard InChI is InChI=1S/C23H21ClFN7O3/c24-17-5-6-20(25)19(11-17)15-3-1-14(2-4-15)9-18(29-22(33)21-12-26-31-30-21)10-16(23(34)35)13-32-27-7-8-28-32/h1-8,11-12,16,18H,9-10,13H2,(H,29,33)(H,34,35)(H,26,30,31). The van der Waals surface area contributed by atoms with Gasteiger partial charge in [0, 0.05) is 16.6 Å². The number of hydrogen-bond donors (Lipinski definition) is 3. The highest BCUT2D eigenvalue weighted by molar-refractivity contribution is 6.30. The first-order valence-electron chi connectivity index (χ1n) is 10.7. The fraction of sp³-hybridized carbons (Fsp3) is 0.217. The molecule has 2 atom stereocenters. The van der Waals surface area contributed by atoms with Gasteiger partial charge in [-0.25, -0.2) is 4.39 Å². The molecule has 1 amide bonds. The van der Waals surface area contributed by atoms with Crippen molar-refractivity contribution in [3.05, 3.63) is 83.2 Å². The lowest BCUT2D eigenvalue weighted by Crippen LogP contribution is -2.40. The molecule has 0 bridgehead atoms. The summed E-state index contributed by atoms with van der Waals surface area (Å²) in [5.74, 6) is -2.77. The fourth-order valence-corrected chi connectivity index (χ4v) is 3.89. The number of halogens is 2. The van der Waals surface area contributed by atoms with E-state index >= 15 is 0 Å². The summed E-state index contributed by atoms with van der Waals surface area (Å²) >= 11 is 6.01. The molecule has 2 unspecified atom stereocenters. The zero-order chi connectivity index (χ0) is 24.8. The number of aliphatic carboxylic acids is 1. The van der Waals surface area contributed by atoms with E-state index in [9.17, 15) is 19.1 Å². The van der Waals surface area contributed by atoms with Crippen LogP contribution in [0.3, 0.4) is 0 Å². The summed E-state index contributed by atoms with van der Waals surface area (Å²) in [6.45, 7) is 0.0473. The molecule has 0 aliphatic carbocycles.